The highest BCUT2D eigenvalue weighted by Gasteiger charge is 2.36. The van der Waals surface area contributed by atoms with E-state index in [4.69, 9.17) is 16.3 Å². The predicted octanol–water partition coefficient (Wildman–Crippen LogP) is 4.12. The average molecular weight is 424 g/mol. The van der Waals surface area contributed by atoms with Crippen molar-refractivity contribution in [3.8, 4) is 5.75 Å². The van der Waals surface area contributed by atoms with E-state index >= 15 is 0 Å². The number of hydrogen-bond donors (Lipinski definition) is 3. The molecule has 0 saturated heterocycles. The van der Waals surface area contributed by atoms with Crippen molar-refractivity contribution in [1.82, 2.24) is 9.97 Å². The fourth-order valence-corrected chi connectivity index (χ4v) is 4.47. The van der Waals surface area contributed by atoms with Crippen molar-refractivity contribution in [2.45, 2.75) is 5.92 Å². The van der Waals surface area contributed by atoms with Gasteiger partial charge in [0.05, 0.1) is 18.3 Å². The maximum absolute atomic E-state index is 13.3. The Balaban J connectivity index is 1.64. The summed E-state index contributed by atoms with van der Waals surface area (Å²) in [5.74, 6) is -0.640. The van der Waals surface area contributed by atoms with Gasteiger partial charge in [-0.15, -0.1) is 11.6 Å². The van der Waals surface area contributed by atoms with Gasteiger partial charge in [0.25, 0.3) is 5.91 Å². The molecule has 0 saturated carbocycles. The number of nitrogens with one attached hydrogen (secondary N) is 2. The summed E-state index contributed by atoms with van der Waals surface area (Å²) in [5, 5.41) is 12.2. The summed E-state index contributed by atoms with van der Waals surface area (Å²) in [5.41, 5.74) is 3.40. The fraction of sp³-hybridized carbons (Fsp3) is 0.182. The van der Waals surface area contributed by atoms with Gasteiger partial charge in [-0.25, -0.2) is 4.79 Å². The van der Waals surface area contributed by atoms with Crippen LogP contribution < -0.4 is 4.90 Å². The summed E-state index contributed by atoms with van der Waals surface area (Å²) in [6.07, 6.45) is 0. The second-order valence-corrected chi connectivity index (χ2v) is 7.64. The van der Waals surface area contributed by atoms with Crippen LogP contribution >= 0.6 is 11.6 Å². The van der Waals surface area contributed by atoms with Crippen LogP contribution in [0.1, 0.15) is 32.5 Å². The van der Waals surface area contributed by atoms with Crippen molar-refractivity contribution in [2.24, 2.45) is 0 Å². The van der Waals surface area contributed by atoms with Crippen molar-refractivity contribution in [1.29, 1.82) is 0 Å². The van der Waals surface area contributed by atoms with Crippen LogP contribution in [-0.4, -0.2) is 46.5 Å². The number of phenolic OH excluding ortho intramolecular Hbond substituents is 1. The number of ether oxygens (including phenoxy) is 1. The minimum absolute atomic E-state index is 0.0522. The lowest BCUT2D eigenvalue weighted by Crippen LogP contribution is -2.30. The van der Waals surface area contributed by atoms with Gasteiger partial charge in [-0.05, 0) is 23.8 Å². The number of esters is 1. The van der Waals surface area contributed by atoms with Crippen molar-refractivity contribution in [3.05, 3.63) is 59.4 Å². The number of aromatic amines is 2. The number of rotatable bonds is 3. The molecule has 1 aliphatic heterocycles. The lowest BCUT2D eigenvalue weighted by molar-refractivity contribution is 0.0595. The van der Waals surface area contributed by atoms with E-state index in [2.05, 4.69) is 9.97 Å². The van der Waals surface area contributed by atoms with Crippen molar-refractivity contribution >= 4 is 51.0 Å². The summed E-state index contributed by atoms with van der Waals surface area (Å²) in [7, 11) is 1.29. The molecular weight excluding hydrogens is 406 g/mol. The molecule has 1 amide bonds. The molecule has 0 fully saturated rings. The quantitative estimate of drug-likeness (QED) is 0.341. The highest BCUT2D eigenvalue weighted by molar-refractivity contribution is 6.19. The van der Waals surface area contributed by atoms with E-state index < -0.39 is 5.97 Å². The first-order valence-electron chi connectivity index (χ1n) is 9.44. The van der Waals surface area contributed by atoms with Gasteiger partial charge < -0.3 is 24.7 Å². The van der Waals surface area contributed by atoms with E-state index in [1.807, 2.05) is 30.3 Å². The summed E-state index contributed by atoms with van der Waals surface area (Å²) < 4.78 is 4.78. The van der Waals surface area contributed by atoms with Crippen molar-refractivity contribution in [2.75, 3.05) is 24.4 Å². The Bertz CT molecular complexity index is 1290. The number of fused-ring (bicyclic) bond motifs is 4. The Kier molecular flexibility index (Phi) is 4.22. The Morgan fingerprint density at radius 2 is 2.00 bits per heavy atom. The number of amides is 1. The van der Waals surface area contributed by atoms with Gasteiger partial charge in [-0.3, -0.25) is 4.79 Å². The summed E-state index contributed by atoms with van der Waals surface area (Å²) in [4.78, 5) is 33.0. The molecule has 3 N–H and O–H groups in total. The van der Waals surface area contributed by atoms with Gasteiger partial charge in [-0.2, -0.15) is 0 Å². The van der Waals surface area contributed by atoms with Gasteiger partial charge in [-0.1, -0.05) is 18.2 Å². The zero-order chi connectivity index (χ0) is 21.0. The smallest absolute Gasteiger partial charge is 0.354 e. The predicted molar refractivity (Wildman–Crippen MR) is 115 cm³/mol. The van der Waals surface area contributed by atoms with Gasteiger partial charge in [0, 0.05) is 40.7 Å². The lowest BCUT2D eigenvalue weighted by atomic mass is 9.98. The molecule has 0 spiro atoms. The van der Waals surface area contributed by atoms with Crippen LogP contribution in [0.25, 0.3) is 21.8 Å². The number of hydrogen-bond acceptors (Lipinski definition) is 4. The third-order valence-corrected chi connectivity index (χ3v) is 5.99. The number of para-hydroxylation sites is 1. The number of aromatic hydroxyl groups is 1. The highest BCUT2D eigenvalue weighted by atomic mass is 35.5. The number of H-pyrrole nitrogens is 2. The van der Waals surface area contributed by atoms with E-state index in [0.717, 1.165) is 16.5 Å². The molecule has 0 unspecified atom stereocenters. The minimum atomic E-state index is -0.536. The van der Waals surface area contributed by atoms with Crippen LogP contribution in [0, 0.1) is 0 Å². The molecule has 8 heteroatoms. The molecule has 1 atom stereocenters. The second-order valence-electron chi connectivity index (χ2n) is 7.33. The van der Waals surface area contributed by atoms with Gasteiger partial charge >= 0.3 is 5.97 Å². The number of benzene rings is 2. The molecule has 7 nitrogen and oxygen atoms in total. The number of carbonyl (C=O) groups excluding carboxylic acids is 2. The molecule has 4 aromatic rings. The van der Waals surface area contributed by atoms with Crippen LogP contribution in [-0.2, 0) is 4.74 Å². The summed E-state index contributed by atoms with van der Waals surface area (Å²) in [6, 6.07) is 12.7. The van der Waals surface area contributed by atoms with Crippen LogP contribution in [0.15, 0.2) is 42.5 Å². The highest BCUT2D eigenvalue weighted by Crippen LogP contribution is 2.45. The molecular formula is C22H18ClN3O4. The number of phenols is 1. The number of nitrogens with zero attached hydrogens (tertiary/aromatic N) is 1. The molecule has 3 heterocycles. The molecule has 152 valence electrons. The largest absolute Gasteiger partial charge is 0.506 e. The van der Waals surface area contributed by atoms with E-state index in [-0.39, 0.29) is 23.3 Å². The van der Waals surface area contributed by atoms with Crippen LogP contribution in [0.4, 0.5) is 5.69 Å². The molecule has 0 radical (unpaired) electrons. The topological polar surface area (TPSA) is 98.4 Å². The number of aromatic nitrogens is 2. The molecule has 2 aromatic carbocycles. The third kappa shape index (κ3) is 2.66. The van der Waals surface area contributed by atoms with Gasteiger partial charge in [0.15, 0.2) is 0 Å². The third-order valence-electron chi connectivity index (χ3n) is 5.61. The maximum atomic E-state index is 13.3. The first kappa shape index (κ1) is 18.6. The second kappa shape index (κ2) is 6.81. The Morgan fingerprint density at radius 3 is 2.73 bits per heavy atom. The number of anilines is 1. The average Bonchev–Trinajstić information content (AvgIpc) is 3.47. The van der Waals surface area contributed by atoms with Gasteiger partial charge in [0.1, 0.15) is 17.1 Å². The SMILES string of the molecule is COC(=O)c1cc2c3c(cc(O)c2[nH]1)N(C(=O)c1cc2ccccc2[nH]1)C[C@H]3CCl. The molecule has 30 heavy (non-hydrogen) atoms. The van der Waals surface area contributed by atoms with E-state index in [9.17, 15) is 14.7 Å². The Labute approximate surface area is 176 Å². The van der Waals surface area contributed by atoms with Crippen molar-refractivity contribution in [3.63, 3.8) is 0 Å². The molecule has 1 aliphatic rings. The van der Waals surface area contributed by atoms with E-state index in [1.54, 1.807) is 17.0 Å². The fourth-order valence-electron chi connectivity index (χ4n) is 4.22. The van der Waals surface area contributed by atoms with E-state index in [0.29, 0.717) is 34.7 Å². The van der Waals surface area contributed by atoms with Crippen molar-refractivity contribution < 1.29 is 19.4 Å². The van der Waals surface area contributed by atoms with Crippen LogP contribution in [0.3, 0.4) is 0 Å². The Morgan fingerprint density at radius 1 is 1.20 bits per heavy atom. The zero-order valence-corrected chi connectivity index (χ0v) is 16.8. The number of methoxy groups -OCH3 is 1. The first-order chi connectivity index (χ1) is 14.5. The normalized spacial score (nSPS) is 15.7. The molecule has 0 bridgehead atoms. The molecule has 2 aromatic heterocycles. The monoisotopic (exact) mass is 423 g/mol. The van der Waals surface area contributed by atoms with Gasteiger partial charge in [0.2, 0.25) is 0 Å². The lowest BCUT2D eigenvalue weighted by Gasteiger charge is -2.17. The Hall–Kier alpha value is -3.45. The maximum Gasteiger partial charge on any atom is 0.354 e. The summed E-state index contributed by atoms with van der Waals surface area (Å²) >= 11 is 6.24. The zero-order valence-electron chi connectivity index (χ0n) is 16.0. The number of carbonyl (C=O) groups is 2. The van der Waals surface area contributed by atoms with Crippen LogP contribution in [0.2, 0.25) is 0 Å². The first-order valence-corrected chi connectivity index (χ1v) is 9.97. The van der Waals surface area contributed by atoms with E-state index in [1.165, 1.54) is 7.11 Å². The summed E-state index contributed by atoms with van der Waals surface area (Å²) in [6.45, 7) is 0.379. The minimum Gasteiger partial charge on any atom is -0.506 e. The van der Waals surface area contributed by atoms with Crippen LogP contribution in [0.5, 0.6) is 5.75 Å². The standard InChI is InChI=1S/C22H18ClN3O4/c1-30-22(29)16-7-13-19-12(9-23)10-26(17(19)8-18(27)20(13)25-16)21(28)15-6-11-4-2-3-5-14(11)24-15/h2-8,12,24-25,27H,9-10H2,1H3/t12-/m1/s1. The number of halogens is 1. The molecule has 0 aliphatic carbocycles. The molecule has 5 rings (SSSR count). The number of alkyl halides is 1.